The van der Waals surface area contributed by atoms with E-state index >= 15 is 0 Å². The highest BCUT2D eigenvalue weighted by molar-refractivity contribution is 6.93. The molecule has 0 aromatic heterocycles. The Kier molecular flexibility index (Phi) is 3.37. The maximum absolute atomic E-state index is 4.03. The highest BCUT2D eigenvalue weighted by Crippen LogP contribution is 2.51. The molecule has 0 aromatic rings. The minimum Gasteiger partial charge on any atom is -0.107 e. The lowest BCUT2D eigenvalue weighted by Gasteiger charge is -2.48. The predicted molar refractivity (Wildman–Crippen MR) is 65.6 cm³/mol. The summed E-state index contributed by atoms with van der Waals surface area (Å²) in [5.41, 5.74) is 4.36. The molecule has 0 bridgehead atoms. The van der Waals surface area contributed by atoms with Gasteiger partial charge < -0.3 is 0 Å². The van der Waals surface area contributed by atoms with Crippen LogP contribution in [-0.4, -0.2) is 8.07 Å². The first-order valence-corrected chi connectivity index (χ1v) is 7.05. The van der Waals surface area contributed by atoms with Crippen LogP contribution in [0.2, 0.25) is 10.1 Å². The predicted octanol–water partition coefficient (Wildman–Crippen LogP) is 4.49. The van der Waals surface area contributed by atoms with Crippen LogP contribution in [0, 0.1) is 0 Å². The van der Waals surface area contributed by atoms with Crippen LogP contribution < -0.4 is 0 Å². The van der Waals surface area contributed by atoms with E-state index < -0.39 is 8.07 Å². The van der Waals surface area contributed by atoms with Gasteiger partial charge in [-0.15, -0.1) is 13.2 Å². The van der Waals surface area contributed by atoms with E-state index in [0.717, 1.165) is 0 Å². The molecular weight excluding hydrogens is 172 g/mol. The van der Waals surface area contributed by atoms with E-state index in [1.807, 2.05) is 0 Å². The molecule has 0 aromatic carbocycles. The second-order valence-corrected chi connectivity index (χ2v) is 11.3. The van der Waals surface area contributed by atoms with Crippen molar-refractivity contribution in [3.05, 3.63) is 24.6 Å². The summed E-state index contributed by atoms with van der Waals surface area (Å²) in [7, 11) is -1.62. The van der Waals surface area contributed by atoms with E-state index in [9.17, 15) is 0 Å². The van der Waals surface area contributed by atoms with Gasteiger partial charge in [0.05, 0.1) is 0 Å². The third-order valence-corrected chi connectivity index (χ3v) is 9.38. The van der Waals surface area contributed by atoms with Crippen LogP contribution >= 0.6 is 0 Å². The molecule has 0 aliphatic heterocycles. The Morgan fingerprint density at radius 3 is 1.00 bits per heavy atom. The first-order valence-electron chi connectivity index (χ1n) is 4.89. The summed E-state index contributed by atoms with van der Waals surface area (Å²) in [4.78, 5) is 0. The van der Waals surface area contributed by atoms with Crippen molar-refractivity contribution in [2.24, 2.45) is 0 Å². The smallest absolute Gasteiger partial charge is 0.107 e. The molecule has 0 aliphatic rings. The fourth-order valence-corrected chi connectivity index (χ4v) is 7.30. The molecule has 0 radical (unpaired) electrons. The van der Waals surface area contributed by atoms with Gasteiger partial charge in [0, 0.05) is 0 Å². The van der Waals surface area contributed by atoms with Gasteiger partial charge in [0.2, 0.25) is 0 Å². The van der Waals surface area contributed by atoms with Crippen molar-refractivity contribution in [1.82, 2.24) is 0 Å². The van der Waals surface area contributed by atoms with Crippen LogP contribution in [0.15, 0.2) is 24.6 Å². The Morgan fingerprint density at radius 2 is 1.00 bits per heavy atom. The van der Waals surface area contributed by atoms with Gasteiger partial charge in [-0.2, -0.15) is 0 Å². The first-order chi connectivity index (χ1) is 5.62. The van der Waals surface area contributed by atoms with Crippen molar-refractivity contribution in [3.8, 4) is 0 Å². The lowest BCUT2D eigenvalue weighted by molar-refractivity contribution is 0.634. The molecule has 0 spiro atoms. The highest BCUT2D eigenvalue weighted by Gasteiger charge is 2.48. The number of hydrogen-bond acceptors (Lipinski definition) is 0. The largest absolute Gasteiger partial charge is 0.111 e. The minimum absolute atomic E-state index is 0.300. The first kappa shape index (κ1) is 12.7. The molecule has 0 rings (SSSR count). The third-order valence-electron chi connectivity index (χ3n) is 3.13. The van der Waals surface area contributed by atoms with E-state index in [-0.39, 0.29) is 0 Å². The molecule has 1 heteroatoms. The van der Waals surface area contributed by atoms with E-state index in [1.54, 1.807) is 0 Å². The Hall–Kier alpha value is -0.303. The van der Waals surface area contributed by atoms with Gasteiger partial charge in [0.15, 0.2) is 0 Å². The van der Waals surface area contributed by atoms with Crippen LogP contribution in [0.25, 0.3) is 0 Å². The van der Waals surface area contributed by atoms with Gasteiger partial charge in [-0.25, -0.2) is 0 Å². The monoisotopic (exact) mass is 196 g/mol. The molecule has 0 N–H and O–H groups in total. The number of rotatable bonds is 2. The topological polar surface area (TPSA) is 0 Å². The molecule has 0 heterocycles. The molecule has 0 atom stereocenters. The molecule has 13 heavy (non-hydrogen) atoms. The van der Waals surface area contributed by atoms with Crippen molar-refractivity contribution >= 4 is 8.07 Å². The molecule has 0 saturated carbocycles. The Morgan fingerprint density at radius 1 is 0.769 bits per heavy atom. The lowest BCUT2D eigenvalue weighted by Crippen LogP contribution is -2.48. The normalized spacial score (nSPS) is 14.0. The Labute approximate surface area is 84.8 Å². The van der Waals surface area contributed by atoms with Crippen LogP contribution in [0.3, 0.4) is 0 Å². The average molecular weight is 196 g/mol. The summed E-state index contributed by atoms with van der Waals surface area (Å²) >= 11 is 0. The van der Waals surface area contributed by atoms with E-state index in [1.165, 1.54) is 0 Å². The fraction of sp³-hybridized carbons (Fsp3) is 0.667. The van der Waals surface area contributed by atoms with Gasteiger partial charge in [0.25, 0.3) is 0 Å². The van der Waals surface area contributed by atoms with Crippen LogP contribution in [0.5, 0.6) is 0 Å². The van der Waals surface area contributed by atoms with Crippen molar-refractivity contribution < 1.29 is 0 Å². The molecule has 0 aliphatic carbocycles. The second kappa shape index (κ2) is 3.45. The summed E-state index contributed by atoms with van der Waals surface area (Å²) < 4.78 is 0. The molecule has 0 nitrogen and oxygen atoms in total. The maximum Gasteiger partial charge on any atom is 0.111 e. The summed E-state index contributed by atoms with van der Waals surface area (Å²) in [5.74, 6) is 0. The zero-order valence-corrected chi connectivity index (χ0v) is 11.1. The molecule has 76 valence electrons. The summed E-state index contributed by atoms with van der Waals surface area (Å²) in [5, 5.41) is 0.601. The zero-order valence-electron chi connectivity index (χ0n) is 10.1. The van der Waals surface area contributed by atoms with Crippen molar-refractivity contribution in [2.75, 3.05) is 0 Å². The maximum atomic E-state index is 4.03. The van der Waals surface area contributed by atoms with E-state index in [0.29, 0.717) is 10.1 Å². The van der Waals surface area contributed by atoms with E-state index in [4.69, 9.17) is 0 Å². The SMILES string of the molecule is C=C[Si](C=C)(C(C)(C)C)C(C)(C)C. The van der Waals surface area contributed by atoms with Gasteiger partial charge in [-0.3, -0.25) is 0 Å². The third kappa shape index (κ3) is 1.96. The number of hydrogen-bond donors (Lipinski definition) is 0. The zero-order chi connectivity index (χ0) is 10.9. The molecule has 0 saturated heterocycles. The average Bonchev–Trinajstić information content (AvgIpc) is 1.84. The molecular formula is C12H24Si. The molecule has 0 fully saturated rings. The van der Waals surface area contributed by atoms with Crippen LogP contribution in [0.1, 0.15) is 41.5 Å². The minimum atomic E-state index is -1.62. The van der Waals surface area contributed by atoms with Crippen LogP contribution in [0.4, 0.5) is 0 Å². The van der Waals surface area contributed by atoms with Gasteiger partial charge in [-0.1, -0.05) is 52.9 Å². The lowest BCUT2D eigenvalue weighted by atomic mass is 10.2. The fourth-order valence-electron chi connectivity index (χ4n) is 2.43. The highest BCUT2D eigenvalue weighted by atomic mass is 28.3. The second-order valence-electron chi connectivity index (χ2n) is 5.78. The molecule has 0 unspecified atom stereocenters. The Bertz CT molecular complexity index is 176. The van der Waals surface area contributed by atoms with Gasteiger partial charge >= 0.3 is 0 Å². The van der Waals surface area contributed by atoms with Crippen molar-refractivity contribution in [1.29, 1.82) is 0 Å². The van der Waals surface area contributed by atoms with E-state index in [2.05, 4.69) is 66.1 Å². The standard InChI is InChI=1S/C12H24Si/c1-9-13(10-2,11(3,4)5)12(6,7)8/h9-10H,1-2H2,3-8H3. The Balaban J connectivity index is 5.43. The summed E-state index contributed by atoms with van der Waals surface area (Å²) in [6, 6.07) is 0. The quantitative estimate of drug-likeness (QED) is 0.571. The van der Waals surface area contributed by atoms with Gasteiger partial charge in [-0.05, 0) is 10.1 Å². The molecule has 0 amide bonds. The van der Waals surface area contributed by atoms with Crippen molar-refractivity contribution in [2.45, 2.75) is 51.6 Å². The van der Waals surface area contributed by atoms with Crippen LogP contribution in [-0.2, 0) is 0 Å². The summed E-state index contributed by atoms with van der Waals surface area (Å²) in [6.45, 7) is 21.9. The van der Waals surface area contributed by atoms with Gasteiger partial charge in [0.1, 0.15) is 8.07 Å². The summed E-state index contributed by atoms with van der Waals surface area (Å²) in [6.07, 6.45) is 0. The van der Waals surface area contributed by atoms with Crippen molar-refractivity contribution in [3.63, 3.8) is 0 Å².